The van der Waals surface area contributed by atoms with E-state index in [0.29, 0.717) is 6.54 Å². The first kappa shape index (κ1) is 12.0. The summed E-state index contributed by atoms with van der Waals surface area (Å²) in [4.78, 5) is 15.7. The predicted molar refractivity (Wildman–Crippen MR) is 63.0 cm³/mol. The summed E-state index contributed by atoms with van der Waals surface area (Å²) in [5.41, 5.74) is -0.273. The lowest BCUT2D eigenvalue weighted by Gasteiger charge is -2.32. The molecule has 2 N–H and O–H groups in total. The van der Waals surface area contributed by atoms with E-state index in [0.717, 1.165) is 25.6 Å². The van der Waals surface area contributed by atoms with Crippen molar-refractivity contribution in [3.8, 4) is 0 Å². The van der Waals surface area contributed by atoms with Gasteiger partial charge >= 0.3 is 0 Å². The van der Waals surface area contributed by atoms with E-state index in [1.807, 2.05) is 6.92 Å². The first-order valence-electron chi connectivity index (χ1n) is 5.73. The van der Waals surface area contributed by atoms with Crippen molar-refractivity contribution >= 4 is 11.6 Å². The van der Waals surface area contributed by atoms with Crippen molar-refractivity contribution in [1.82, 2.24) is 10.3 Å². The molecule has 1 aliphatic rings. The summed E-state index contributed by atoms with van der Waals surface area (Å²) in [6, 6.07) is 1.47. The van der Waals surface area contributed by atoms with Crippen molar-refractivity contribution in [1.29, 1.82) is 0 Å². The largest absolute Gasteiger partial charge is 0.323 e. The molecular formula is C12H16FN3O. The molecule has 1 saturated heterocycles. The lowest BCUT2D eigenvalue weighted by Crippen LogP contribution is -2.46. The number of nitrogens with zero attached hydrogens (tertiary/aromatic N) is 1. The number of piperidine rings is 1. The van der Waals surface area contributed by atoms with E-state index < -0.39 is 11.2 Å². The summed E-state index contributed by atoms with van der Waals surface area (Å²) in [7, 11) is 0. The van der Waals surface area contributed by atoms with Crippen LogP contribution in [0.2, 0.25) is 0 Å². The Labute approximate surface area is 99.6 Å². The Morgan fingerprint density at radius 2 is 2.47 bits per heavy atom. The fraction of sp³-hybridized carbons (Fsp3) is 0.500. The van der Waals surface area contributed by atoms with E-state index in [1.54, 1.807) is 0 Å². The van der Waals surface area contributed by atoms with Crippen molar-refractivity contribution in [2.24, 2.45) is 5.41 Å². The van der Waals surface area contributed by atoms with Gasteiger partial charge in [0.1, 0.15) is 0 Å². The lowest BCUT2D eigenvalue weighted by atomic mass is 9.82. The van der Waals surface area contributed by atoms with Crippen LogP contribution in [-0.4, -0.2) is 24.0 Å². The quantitative estimate of drug-likeness (QED) is 0.820. The Bertz CT molecular complexity index is 416. The maximum absolute atomic E-state index is 13.3. The number of halogens is 1. The monoisotopic (exact) mass is 237 g/mol. The van der Waals surface area contributed by atoms with Gasteiger partial charge in [-0.15, -0.1) is 0 Å². The molecule has 1 aromatic heterocycles. The van der Waals surface area contributed by atoms with Crippen LogP contribution in [0.1, 0.15) is 19.8 Å². The average molecular weight is 237 g/mol. The molecule has 2 heterocycles. The zero-order valence-corrected chi connectivity index (χ0v) is 9.79. The summed E-state index contributed by atoms with van der Waals surface area (Å²) in [5, 5.41) is 5.82. The van der Waals surface area contributed by atoms with Gasteiger partial charge in [0, 0.05) is 12.7 Å². The van der Waals surface area contributed by atoms with Crippen molar-refractivity contribution < 1.29 is 9.18 Å². The Morgan fingerprint density at radius 3 is 3.12 bits per heavy atom. The van der Waals surface area contributed by atoms with Gasteiger partial charge in [0.2, 0.25) is 5.91 Å². The third-order valence-electron chi connectivity index (χ3n) is 3.17. The van der Waals surface area contributed by atoms with Crippen LogP contribution >= 0.6 is 0 Å². The second-order valence-corrected chi connectivity index (χ2v) is 4.65. The molecule has 1 amide bonds. The SMILES string of the molecule is CC1(C(=O)Nc2ccncc2F)CCCNC1. The molecule has 1 unspecified atom stereocenters. The summed E-state index contributed by atoms with van der Waals surface area (Å²) in [6.45, 7) is 3.46. The standard InChI is InChI=1S/C12H16FN3O/c1-12(4-2-5-15-8-12)11(17)16-10-3-6-14-7-9(10)13/h3,6-7,15H,2,4-5,8H2,1H3,(H,14,16,17). The number of hydrogen-bond donors (Lipinski definition) is 2. The fourth-order valence-corrected chi connectivity index (χ4v) is 2.00. The van der Waals surface area contributed by atoms with Gasteiger partial charge < -0.3 is 10.6 Å². The highest BCUT2D eigenvalue weighted by molar-refractivity contribution is 5.95. The molecule has 0 aromatic carbocycles. The Hall–Kier alpha value is -1.49. The van der Waals surface area contributed by atoms with E-state index in [1.165, 1.54) is 12.3 Å². The predicted octanol–water partition coefficient (Wildman–Crippen LogP) is 1.55. The minimum atomic E-state index is -0.506. The molecule has 0 radical (unpaired) electrons. The minimum Gasteiger partial charge on any atom is -0.323 e. The highest BCUT2D eigenvalue weighted by Gasteiger charge is 2.34. The molecule has 1 atom stereocenters. The molecule has 92 valence electrons. The first-order valence-corrected chi connectivity index (χ1v) is 5.73. The molecule has 1 aliphatic heterocycles. The molecule has 4 nitrogen and oxygen atoms in total. The molecule has 0 saturated carbocycles. The molecular weight excluding hydrogens is 221 g/mol. The molecule has 5 heteroatoms. The van der Waals surface area contributed by atoms with Crippen LogP contribution in [-0.2, 0) is 4.79 Å². The maximum Gasteiger partial charge on any atom is 0.231 e. The van der Waals surface area contributed by atoms with Crippen LogP contribution in [0.5, 0.6) is 0 Å². The van der Waals surface area contributed by atoms with Crippen molar-refractivity contribution in [3.63, 3.8) is 0 Å². The number of hydrogen-bond acceptors (Lipinski definition) is 3. The average Bonchev–Trinajstić information content (AvgIpc) is 2.33. The van der Waals surface area contributed by atoms with E-state index in [4.69, 9.17) is 0 Å². The topological polar surface area (TPSA) is 54.0 Å². The molecule has 0 bridgehead atoms. The van der Waals surface area contributed by atoms with E-state index >= 15 is 0 Å². The summed E-state index contributed by atoms with van der Waals surface area (Å²) in [5.74, 6) is -0.650. The normalized spacial score (nSPS) is 24.4. The molecule has 0 spiro atoms. The van der Waals surface area contributed by atoms with E-state index in [2.05, 4.69) is 15.6 Å². The third kappa shape index (κ3) is 2.61. The molecule has 2 rings (SSSR count). The smallest absolute Gasteiger partial charge is 0.231 e. The number of rotatable bonds is 2. The van der Waals surface area contributed by atoms with Crippen LogP contribution in [0, 0.1) is 11.2 Å². The molecule has 1 aromatic rings. The van der Waals surface area contributed by atoms with Crippen LogP contribution in [0.3, 0.4) is 0 Å². The highest BCUT2D eigenvalue weighted by atomic mass is 19.1. The van der Waals surface area contributed by atoms with Gasteiger partial charge in [-0.25, -0.2) is 4.39 Å². The zero-order chi connectivity index (χ0) is 12.3. The second-order valence-electron chi connectivity index (χ2n) is 4.65. The Morgan fingerprint density at radius 1 is 1.65 bits per heavy atom. The highest BCUT2D eigenvalue weighted by Crippen LogP contribution is 2.27. The third-order valence-corrected chi connectivity index (χ3v) is 3.17. The van der Waals surface area contributed by atoms with E-state index in [-0.39, 0.29) is 11.6 Å². The number of carbonyl (C=O) groups excluding carboxylic acids is 1. The van der Waals surface area contributed by atoms with Crippen LogP contribution in [0.15, 0.2) is 18.5 Å². The molecule has 17 heavy (non-hydrogen) atoms. The minimum absolute atomic E-state index is 0.144. The van der Waals surface area contributed by atoms with Gasteiger partial charge in [-0.2, -0.15) is 0 Å². The summed E-state index contributed by atoms with van der Waals surface area (Å²) < 4.78 is 13.3. The van der Waals surface area contributed by atoms with Gasteiger partial charge in [-0.1, -0.05) is 0 Å². The van der Waals surface area contributed by atoms with E-state index in [9.17, 15) is 9.18 Å². The van der Waals surface area contributed by atoms with Crippen molar-refractivity contribution in [2.75, 3.05) is 18.4 Å². The number of aromatic nitrogens is 1. The fourth-order valence-electron chi connectivity index (χ4n) is 2.00. The van der Waals surface area contributed by atoms with Crippen LogP contribution in [0.4, 0.5) is 10.1 Å². The van der Waals surface area contributed by atoms with Gasteiger partial charge in [0.15, 0.2) is 5.82 Å². The van der Waals surface area contributed by atoms with Gasteiger partial charge in [0.25, 0.3) is 0 Å². The van der Waals surface area contributed by atoms with Crippen molar-refractivity contribution in [3.05, 3.63) is 24.3 Å². The number of amides is 1. The summed E-state index contributed by atoms with van der Waals surface area (Å²) in [6.07, 6.45) is 4.33. The van der Waals surface area contributed by atoms with Crippen molar-refractivity contribution in [2.45, 2.75) is 19.8 Å². The lowest BCUT2D eigenvalue weighted by molar-refractivity contribution is -0.125. The number of pyridine rings is 1. The Kier molecular flexibility index (Phi) is 3.38. The Balaban J connectivity index is 2.08. The van der Waals surface area contributed by atoms with Gasteiger partial charge in [-0.3, -0.25) is 9.78 Å². The second kappa shape index (κ2) is 4.79. The summed E-state index contributed by atoms with van der Waals surface area (Å²) >= 11 is 0. The molecule has 0 aliphatic carbocycles. The van der Waals surface area contributed by atoms with Gasteiger partial charge in [-0.05, 0) is 32.4 Å². The number of anilines is 1. The first-order chi connectivity index (χ1) is 8.12. The molecule has 1 fully saturated rings. The number of nitrogens with one attached hydrogen (secondary N) is 2. The maximum atomic E-state index is 13.3. The van der Waals surface area contributed by atoms with Crippen LogP contribution in [0.25, 0.3) is 0 Å². The van der Waals surface area contributed by atoms with Crippen LogP contribution < -0.4 is 10.6 Å². The zero-order valence-electron chi connectivity index (χ0n) is 9.79. The number of carbonyl (C=O) groups is 1. The van der Waals surface area contributed by atoms with Gasteiger partial charge in [0.05, 0.1) is 17.3 Å².